The molecular formula is C8H5N3O. The fourth-order valence-corrected chi connectivity index (χ4v) is 1.07. The Morgan fingerprint density at radius 1 is 1.50 bits per heavy atom. The van der Waals surface area contributed by atoms with Crippen molar-refractivity contribution in [1.82, 2.24) is 10.2 Å². The molecule has 0 aliphatic rings. The van der Waals surface area contributed by atoms with Gasteiger partial charge in [0.15, 0.2) is 0 Å². The first-order chi connectivity index (χ1) is 5.81. The topological polar surface area (TPSA) is 72.7 Å². The number of nitrogens with one attached hydrogen (secondary N) is 1. The van der Waals surface area contributed by atoms with E-state index in [0.717, 1.165) is 10.9 Å². The number of phenolic OH excluding ortho intramolecular Hbond substituents is 1. The van der Waals surface area contributed by atoms with Crippen LogP contribution in [0.15, 0.2) is 18.3 Å². The number of hydrogen-bond acceptors (Lipinski definition) is 3. The summed E-state index contributed by atoms with van der Waals surface area (Å²) < 4.78 is 0. The molecule has 0 bridgehead atoms. The monoisotopic (exact) mass is 159 g/mol. The lowest BCUT2D eigenvalue weighted by Gasteiger charge is -1.94. The minimum absolute atomic E-state index is 0.0192. The predicted octanol–water partition coefficient (Wildman–Crippen LogP) is 1.14. The molecule has 0 aliphatic heterocycles. The van der Waals surface area contributed by atoms with Crippen molar-refractivity contribution in [2.75, 3.05) is 0 Å². The van der Waals surface area contributed by atoms with Crippen molar-refractivity contribution in [2.45, 2.75) is 0 Å². The van der Waals surface area contributed by atoms with E-state index in [2.05, 4.69) is 10.2 Å². The Morgan fingerprint density at radius 3 is 3.08 bits per heavy atom. The lowest BCUT2D eigenvalue weighted by molar-refractivity contribution is 0.474. The highest BCUT2D eigenvalue weighted by Crippen LogP contribution is 2.22. The molecule has 1 aromatic heterocycles. The third kappa shape index (κ3) is 0.805. The average molecular weight is 159 g/mol. The molecule has 0 aliphatic carbocycles. The summed E-state index contributed by atoms with van der Waals surface area (Å²) in [7, 11) is 0. The summed E-state index contributed by atoms with van der Waals surface area (Å²) in [6.07, 6.45) is 1.61. The van der Waals surface area contributed by atoms with Gasteiger partial charge in [-0.25, -0.2) is 0 Å². The number of aromatic nitrogens is 2. The molecule has 0 radical (unpaired) electrons. The van der Waals surface area contributed by atoms with Crippen molar-refractivity contribution in [1.29, 1.82) is 5.26 Å². The molecule has 1 heterocycles. The molecule has 2 aromatic rings. The van der Waals surface area contributed by atoms with Gasteiger partial charge in [0, 0.05) is 11.5 Å². The second kappa shape index (κ2) is 2.24. The number of aromatic amines is 1. The van der Waals surface area contributed by atoms with Crippen molar-refractivity contribution in [2.24, 2.45) is 0 Å². The van der Waals surface area contributed by atoms with Gasteiger partial charge in [-0.15, -0.1) is 0 Å². The quantitative estimate of drug-likeness (QED) is 0.605. The van der Waals surface area contributed by atoms with E-state index in [9.17, 15) is 5.11 Å². The Bertz CT molecular complexity index is 467. The highest BCUT2D eigenvalue weighted by molar-refractivity contribution is 5.81. The molecular weight excluding hydrogens is 154 g/mol. The standard InChI is InChI=1S/C8H5N3O/c9-3-5-1-6-4-10-11-7(6)2-8(5)12/h1-2,4,12H,(H,10,11). The summed E-state index contributed by atoms with van der Waals surface area (Å²) in [6.45, 7) is 0. The Labute approximate surface area is 68.1 Å². The van der Waals surface area contributed by atoms with Crippen molar-refractivity contribution >= 4 is 10.9 Å². The van der Waals surface area contributed by atoms with Crippen LogP contribution >= 0.6 is 0 Å². The molecule has 58 valence electrons. The van der Waals surface area contributed by atoms with E-state index >= 15 is 0 Å². The van der Waals surface area contributed by atoms with E-state index in [1.54, 1.807) is 12.3 Å². The summed E-state index contributed by atoms with van der Waals surface area (Å²) in [4.78, 5) is 0. The number of fused-ring (bicyclic) bond motifs is 1. The molecule has 1 aromatic carbocycles. The zero-order valence-corrected chi connectivity index (χ0v) is 6.07. The lowest BCUT2D eigenvalue weighted by atomic mass is 10.1. The van der Waals surface area contributed by atoms with E-state index in [4.69, 9.17) is 5.26 Å². The Hall–Kier alpha value is -2.02. The van der Waals surface area contributed by atoms with Gasteiger partial charge in [0.25, 0.3) is 0 Å². The largest absolute Gasteiger partial charge is 0.506 e. The number of nitriles is 1. The van der Waals surface area contributed by atoms with Crippen LogP contribution in [0.2, 0.25) is 0 Å². The highest BCUT2D eigenvalue weighted by atomic mass is 16.3. The number of rotatable bonds is 0. The van der Waals surface area contributed by atoms with Gasteiger partial charge in [0.2, 0.25) is 0 Å². The maximum atomic E-state index is 9.26. The van der Waals surface area contributed by atoms with Crippen molar-refractivity contribution in [3.8, 4) is 11.8 Å². The number of hydrogen-bond donors (Lipinski definition) is 2. The average Bonchev–Trinajstić information content (AvgIpc) is 2.49. The molecule has 0 atom stereocenters. The first-order valence-corrected chi connectivity index (χ1v) is 3.37. The smallest absolute Gasteiger partial charge is 0.135 e. The fourth-order valence-electron chi connectivity index (χ4n) is 1.07. The van der Waals surface area contributed by atoms with Gasteiger partial charge in [-0.2, -0.15) is 10.4 Å². The molecule has 0 spiro atoms. The van der Waals surface area contributed by atoms with Crippen LogP contribution in [0, 0.1) is 11.3 Å². The summed E-state index contributed by atoms with van der Waals surface area (Å²) in [5, 5.41) is 25.1. The lowest BCUT2D eigenvalue weighted by Crippen LogP contribution is -1.76. The van der Waals surface area contributed by atoms with Crippen LogP contribution in [0.3, 0.4) is 0 Å². The van der Waals surface area contributed by atoms with E-state index in [1.807, 2.05) is 6.07 Å². The molecule has 0 fully saturated rings. The highest BCUT2D eigenvalue weighted by Gasteiger charge is 2.03. The molecule has 2 rings (SSSR count). The number of nitrogens with zero attached hydrogens (tertiary/aromatic N) is 2. The van der Waals surface area contributed by atoms with Gasteiger partial charge in [0.1, 0.15) is 11.8 Å². The Balaban J connectivity index is 2.84. The van der Waals surface area contributed by atoms with Crippen LogP contribution < -0.4 is 0 Å². The summed E-state index contributed by atoms with van der Waals surface area (Å²) >= 11 is 0. The summed E-state index contributed by atoms with van der Waals surface area (Å²) in [6, 6.07) is 4.96. The Kier molecular flexibility index (Phi) is 1.25. The third-order valence-corrected chi connectivity index (χ3v) is 1.68. The molecule has 0 saturated carbocycles. The van der Waals surface area contributed by atoms with Crippen LogP contribution in [0.4, 0.5) is 0 Å². The SMILES string of the molecule is N#Cc1cc2cn[nH]c2cc1O. The minimum Gasteiger partial charge on any atom is -0.506 e. The van der Waals surface area contributed by atoms with Crippen LogP contribution in [-0.4, -0.2) is 15.3 Å². The molecule has 12 heavy (non-hydrogen) atoms. The van der Waals surface area contributed by atoms with Crippen molar-refractivity contribution in [3.05, 3.63) is 23.9 Å². The second-order valence-corrected chi connectivity index (χ2v) is 2.44. The molecule has 0 unspecified atom stereocenters. The van der Waals surface area contributed by atoms with Gasteiger partial charge in [-0.05, 0) is 6.07 Å². The maximum Gasteiger partial charge on any atom is 0.135 e. The van der Waals surface area contributed by atoms with E-state index in [0.29, 0.717) is 0 Å². The fraction of sp³-hybridized carbons (Fsp3) is 0. The molecule has 2 N–H and O–H groups in total. The second-order valence-electron chi connectivity index (χ2n) is 2.44. The first-order valence-electron chi connectivity index (χ1n) is 3.37. The van der Waals surface area contributed by atoms with E-state index < -0.39 is 0 Å². The molecule has 0 amide bonds. The maximum absolute atomic E-state index is 9.26. The van der Waals surface area contributed by atoms with Gasteiger partial charge in [0.05, 0.1) is 17.3 Å². The van der Waals surface area contributed by atoms with Gasteiger partial charge >= 0.3 is 0 Å². The van der Waals surface area contributed by atoms with Gasteiger partial charge in [-0.1, -0.05) is 0 Å². The molecule has 0 saturated heterocycles. The van der Waals surface area contributed by atoms with Crippen LogP contribution in [-0.2, 0) is 0 Å². The summed E-state index contributed by atoms with van der Waals surface area (Å²) in [5.41, 5.74) is 0.996. The molecule has 4 nitrogen and oxygen atoms in total. The number of benzene rings is 1. The summed E-state index contributed by atoms with van der Waals surface area (Å²) in [5.74, 6) is -0.0192. The first kappa shape index (κ1) is 6.68. The van der Waals surface area contributed by atoms with Crippen LogP contribution in [0.5, 0.6) is 5.75 Å². The number of H-pyrrole nitrogens is 1. The number of aromatic hydroxyl groups is 1. The normalized spacial score (nSPS) is 9.92. The minimum atomic E-state index is -0.0192. The van der Waals surface area contributed by atoms with Crippen LogP contribution in [0.25, 0.3) is 10.9 Å². The van der Waals surface area contributed by atoms with E-state index in [-0.39, 0.29) is 11.3 Å². The Morgan fingerprint density at radius 2 is 2.33 bits per heavy atom. The van der Waals surface area contributed by atoms with Crippen LogP contribution in [0.1, 0.15) is 5.56 Å². The van der Waals surface area contributed by atoms with Gasteiger partial charge < -0.3 is 5.11 Å². The predicted molar refractivity (Wildman–Crippen MR) is 42.5 cm³/mol. The van der Waals surface area contributed by atoms with Gasteiger partial charge in [-0.3, -0.25) is 5.10 Å². The third-order valence-electron chi connectivity index (χ3n) is 1.68. The zero-order chi connectivity index (χ0) is 8.55. The zero-order valence-electron chi connectivity index (χ0n) is 6.07. The van der Waals surface area contributed by atoms with Crippen molar-refractivity contribution in [3.63, 3.8) is 0 Å². The molecule has 4 heteroatoms. The number of phenols is 1. The van der Waals surface area contributed by atoms with Crippen molar-refractivity contribution < 1.29 is 5.11 Å². The van der Waals surface area contributed by atoms with E-state index in [1.165, 1.54) is 6.07 Å².